The van der Waals surface area contributed by atoms with Crippen molar-refractivity contribution >= 4 is 5.91 Å². The van der Waals surface area contributed by atoms with Crippen LogP contribution in [0.4, 0.5) is 8.78 Å². The van der Waals surface area contributed by atoms with E-state index in [9.17, 15) is 13.6 Å². The number of carbonyl (C=O) groups excluding carboxylic acids is 1. The molecule has 1 aliphatic rings. The van der Waals surface area contributed by atoms with Gasteiger partial charge in [-0.25, -0.2) is 8.78 Å². The van der Waals surface area contributed by atoms with Gasteiger partial charge in [0, 0.05) is 11.1 Å². The predicted octanol–water partition coefficient (Wildman–Crippen LogP) is 1.77. The van der Waals surface area contributed by atoms with Crippen LogP contribution in [0.2, 0.25) is 0 Å². The molecular formula is C14H18F2N2O. The summed E-state index contributed by atoms with van der Waals surface area (Å²) in [5.41, 5.74) is -0.165. The van der Waals surface area contributed by atoms with E-state index in [1.807, 2.05) is 6.92 Å². The first-order chi connectivity index (χ1) is 9.00. The Labute approximate surface area is 111 Å². The number of piperidine rings is 1. The van der Waals surface area contributed by atoms with Gasteiger partial charge in [-0.05, 0) is 38.9 Å². The Hall–Kier alpha value is -1.49. The van der Waals surface area contributed by atoms with Crippen LogP contribution in [0, 0.1) is 11.6 Å². The maximum atomic E-state index is 13.5. The van der Waals surface area contributed by atoms with Gasteiger partial charge in [0.05, 0.1) is 6.42 Å². The number of benzene rings is 1. The highest BCUT2D eigenvalue weighted by molar-refractivity contribution is 5.79. The first-order valence-corrected chi connectivity index (χ1v) is 6.45. The van der Waals surface area contributed by atoms with Crippen molar-refractivity contribution in [3.63, 3.8) is 0 Å². The highest BCUT2D eigenvalue weighted by atomic mass is 19.2. The molecule has 0 spiro atoms. The van der Waals surface area contributed by atoms with Crippen LogP contribution in [-0.2, 0) is 11.2 Å². The summed E-state index contributed by atoms with van der Waals surface area (Å²) in [4.78, 5) is 11.9. The molecule has 1 aromatic rings. The van der Waals surface area contributed by atoms with Crippen molar-refractivity contribution in [2.45, 2.75) is 31.7 Å². The average molecular weight is 268 g/mol. The molecule has 2 rings (SSSR count). The maximum absolute atomic E-state index is 13.5. The van der Waals surface area contributed by atoms with Gasteiger partial charge in [-0.2, -0.15) is 0 Å². The molecule has 0 aliphatic carbocycles. The Morgan fingerprint density at radius 3 is 2.74 bits per heavy atom. The van der Waals surface area contributed by atoms with Gasteiger partial charge in [0.15, 0.2) is 11.6 Å². The fourth-order valence-electron chi connectivity index (χ4n) is 2.34. The van der Waals surface area contributed by atoms with Crippen molar-refractivity contribution in [3.05, 3.63) is 35.4 Å². The molecule has 0 unspecified atom stereocenters. The van der Waals surface area contributed by atoms with Crippen molar-refractivity contribution in [1.29, 1.82) is 0 Å². The van der Waals surface area contributed by atoms with Gasteiger partial charge in [0.25, 0.3) is 0 Å². The van der Waals surface area contributed by atoms with Gasteiger partial charge in [-0.3, -0.25) is 4.79 Å². The second-order valence-corrected chi connectivity index (χ2v) is 5.25. The van der Waals surface area contributed by atoms with Gasteiger partial charge in [-0.1, -0.05) is 12.1 Å². The van der Waals surface area contributed by atoms with E-state index in [0.717, 1.165) is 32.0 Å². The number of hydrogen-bond acceptors (Lipinski definition) is 2. The van der Waals surface area contributed by atoms with Crippen molar-refractivity contribution in [3.8, 4) is 0 Å². The molecular weight excluding hydrogens is 250 g/mol. The largest absolute Gasteiger partial charge is 0.351 e. The maximum Gasteiger partial charge on any atom is 0.224 e. The third-order valence-corrected chi connectivity index (χ3v) is 3.53. The molecule has 19 heavy (non-hydrogen) atoms. The average Bonchev–Trinajstić information content (AvgIpc) is 2.35. The molecule has 1 aliphatic heterocycles. The quantitative estimate of drug-likeness (QED) is 0.877. The minimum absolute atomic E-state index is 0.0926. The monoisotopic (exact) mass is 268 g/mol. The van der Waals surface area contributed by atoms with Crippen molar-refractivity contribution < 1.29 is 13.6 Å². The Morgan fingerprint density at radius 1 is 1.37 bits per heavy atom. The van der Waals surface area contributed by atoms with E-state index in [2.05, 4.69) is 10.6 Å². The Balaban J connectivity index is 1.99. The van der Waals surface area contributed by atoms with Crippen LogP contribution in [-0.4, -0.2) is 24.5 Å². The van der Waals surface area contributed by atoms with E-state index in [0.29, 0.717) is 0 Å². The van der Waals surface area contributed by atoms with Crippen LogP contribution in [0.5, 0.6) is 0 Å². The fraction of sp³-hybridized carbons (Fsp3) is 0.500. The predicted molar refractivity (Wildman–Crippen MR) is 68.7 cm³/mol. The lowest BCUT2D eigenvalue weighted by molar-refractivity contribution is -0.122. The molecule has 0 bridgehead atoms. The second kappa shape index (κ2) is 5.65. The van der Waals surface area contributed by atoms with Crippen molar-refractivity contribution in [2.75, 3.05) is 13.1 Å². The summed E-state index contributed by atoms with van der Waals surface area (Å²) in [5, 5.41) is 6.14. The van der Waals surface area contributed by atoms with Gasteiger partial charge < -0.3 is 10.6 Å². The normalized spacial score (nSPS) is 18.1. The third kappa shape index (κ3) is 3.50. The van der Waals surface area contributed by atoms with Gasteiger partial charge >= 0.3 is 0 Å². The molecule has 0 atom stereocenters. The van der Waals surface area contributed by atoms with Crippen molar-refractivity contribution in [1.82, 2.24) is 10.6 Å². The minimum atomic E-state index is -0.937. The molecule has 3 nitrogen and oxygen atoms in total. The third-order valence-electron chi connectivity index (χ3n) is 3.53. The van der Waals surface area contributed by atoms with E-state index in [1.54, 1.807) is 0 Å². The first-order valence-electron chi connectivity index (χ1n) is 6.45. The van der Waals surface area contributed by atoms with E-state index in [1.165, 1.54) is 12.1 Å². The zero-order chi connectivity index (χ0) is 13.9. The van der Waals surface area contributed by atoms with Crippen LogP contribution in [0.1, 0.15) is 25.3 Å². The molecule has 1 amide bonds. The molecule has 1 aromatic carbocycles. The first kappa shape index (κ1) is 13.9. The molecule has 104 valence electrons. The van der Waals surface area contributed by atoms with Gasteiger partial charge in [0.2, 0.25) is 5.91 Å². The second-order valence-electron chi connectivity index (χ2n) is 5.25. The van der Waals surface area contributed by atoms with Crippen LogP contribution in [0.3, 0.4) is 0 Å². The van der Waals surface area contributed by atoms with E-state index < -0.39 is 11.6 Å². The zero-order valence-electron chi connectivity index (χ0n) is 10.9. The zero-order valence-corrected chi connectivity index (χ0v) is 10.9. The molecule has 2 N–H and O–H groups in total. The lowest BCUT2D eigenvalue weighted by atomic mass is 9.90. The summed E-state index contributed by atoms with van der Waals surface area (Å²) in [6.07, 6.45) is 1.54. The Kier molecular flexibility index (Phi) is 4.14. The summed E-state index contributed by atoms with van der Waals surface area (Å²) >= 11 is 0. The topological polar surface area (TPSA) is 41.1 Å². The van der Waals surface area contributed by atoms with Crippen LogP contribution in [0.15, 0.2) is 18.2 Å². The van der Waals surface area contributed by atoms with E-state index >= 15 is 0 Å². The number of carbonyl (C=O) groups is 1. The number of rotatable bonds is 3. The number of halogens is 2. The molecule has 0 radical (unpaired) electrons. The lowest BCUT2D eigenvalue weighted by Gasteiger charge is -2.35. The van der Waals surface area contributed by atoms with E-state index in [-0.39, 0.29) is 23.4 Å². The molecule has 0 aromatic heterocycles. The molecule has 5 heteroatoms. The van der Waals surface area contributed by atoms with Crippen molar-refractivity contribution in [2.24, 2.45) is 0 Å². The molecule has 1 saturated heterocycles. The fourth-order valence-corrected chi connectivity index (χ4v) is 2.34. The molecule has 1 fully saturated rings. The minimum Gasteiger partial charge on any atom is -0.351 e. The highest BCUT2D eigenvalue weighted by Gasteiger charge is 2.28. The Bertz CT molecular complexity index is 471. The standard InChI is InChI=1S/C14H18F2N2O/c1-14(5-7-17-8-6-14)18-12(19)9-10-3-2-4-11(15)13(10)16/h2-4,17H,5-9H2,1H3,(H,18,19). The summed E-state index contributed by atoms with van der Waals surface area (Å²) in [7, 11) is 0. The summed E-state index contributed by atoms with van der Waals surface area (Å²) in [6, 6.07) is 3.89. The molecule has 0 saturated carbocycles. The summed E-state index contributed by atoms with van der Waals surface area (Å²) < 4.78 is 26.5. The van der Waals surface area contributed by atoms with Crippen LogP contribution < -0.4 is 10.6 Å². The van der Waals surface area contributed by atoms with Crippen LogP contribution >= 0.6 is 0 Å². The smallest absolute Gasteiger partial charge is 0.224 e. The SMILES string of the molecule is CC1(NC(=O)Cc2cccc(F)c2F)CCNCC1. The summed E-state index contributed by atoms with van der Waals surface area (Å²) in [5.74, 6) is -2.12. The lowest BCUT2D eigenvalue weighted by Crippen LogP contribution is -2.52. The van der Waals surface area contributed by atoms with E-state index in [4.69, 9.17) is 0 Å². The number of nitrogens with one attached hydrogen (secondary N) is 2. The number of hydrogen-bond donors (Lipinski definition) is 2. The molecule has 1 heterocycles. The summed E-state index contributed by atoms with van der Waals surface area (Å²) in [6.45, 7) is 3.68. The number of amides is 1. The highest BCUT2D eigenvalue weighted by Crippen LogP contribution is 2.18. The Morgan fingerprint density at radius 2 is 2.05 bits per heavy atom. The van der Waals surface area contributed by atoms with Gasteiger partial charge in [-0.15, -0.1) is 0 Å². The van der Waals surface area contributed by atoms with Crippen LogP contribution in [0.25, 0.3) is 0 Å². The van der Waals surface area contributed by atoms with Gasteiger partial charge in [0.1, 0.15) is 0 Å².